The minimum absolute atomic E-state index is 0.478. The van der Waals surface area contributed by atoms with Crippen LogP contribution in [0.3, 0.4) is 0 Å². The number of aromatic nitrogens is 1. The van der Waals surface area contributed by atoms with E-state index in [4.69, 9.17) is 0 Å². The predicted molar refractivity (Wildman–Crippen MR) is 162 cm³/mol. The molecular formula is C36H25NS. The molecule has 2 heteroatoms. The first-order valence-electron chi connectivity index (χ1n) is 13.2. The number of benzene rings is 5. The summed E-state index contributed by atoms with van der Waals surface area (Å²) in [5, 5.41) is 3.08. The lowest BCUT2D eigenvalue weighted by molar-refractivity contribution is 0.881. The Morgan fingerprint density at radius 2 is 1.21 bits per heavy atom. The summed E-state index contributed by atoms with van der Waals surface area (Å²) in [4.78, 5) is 1.43. The van der Waals surface area contributed by atoms with E-state index in [0.717, 1.165) is 0 Å². The van der Waals surface area contributed by atoms with Crippen LogP contribution in [0, 0.1) is 0 Å². The van der Waals surface area contributed by atoms with Crippen LogP contribution in [0.4, 0.5) is 0 Å². The predicted octanol–water partition coefficient (Wildman–Crippen LogP) is 9.80. The third-order valence-electron chi connectivity index (χ3n) is 7.93. The molecule has 1 aliphatic carbocycles. The average molecular weight is 504 g/mol. The van der Waals surface area contributed by atoms with Crippen LogP contribution < -0.4 is 0 Å². The Labute approximate surface area is 226 Å². The molecular weight excluding hydrogens is 478 g/mol. The molecule has 0 saturated carbocycles. The van der Waals surface area contributed by atoms with E-state index in [1.54, 1.807) is 0 Å². The fourth-order valence-corrected chi connectivity index (χ4v) is 7.66. The van der Waals surface area contributed by atoms with Gasteiger partial charge >= 0.3 is 0 Å². The maximum atomic E-state index is 2.39. The molecule has 1 aromatic heterocycles. The summed E-state index contributed by atoms with van der Waals surface area (Å²) < 4.78 is 2.39. The van der Waals surface area contributed by atoms with Crippen molar-refractivity contribution in [3.05, 3.63) is 145 Å². The Hall–Kier alpha value is -4.27. The van der Waals surface area contributed by atoms with Crippen molar-refractivity contribution < 1.29 is 0 Å². The van der Waals surface area contributed by atoms with E-state index in [1.807, 2.05) is 11.8 Å². The van der Waals surface area contributed by atoms with Gasteiger partial charge < -0.3 is 4.57 Å². The van der Waals surface area contributed by atoms with Gasteiger partial charge in [0.1, 0.15) is 0 Å². The van der Waals surface area contributed by atoms with E-state index >= 15 is 0 Å². The highest BCUT2D eigenvalue weighted by atomic mass is 32.2. The van der Waals surface area contributed by atoms with Crippen LogP contribution in [0.2, 0.25) is 0 Å². The number of para-hydroxylation sites is 2. The lowest BCUT2D eigenvalue weighted by Gasteiger charge is -2.14. The van der Waals surface area contributed by atoms with E-state index in [2.05, 4.69) is 144 Å². The standard InChI is InChI=1S/C36H25NS/c1-4-19-33-29(14-1)30-15-2-5-20-34(30)37(33)27-13-8-11-25(23-27)24-10-7-12-26(22-24)28-17-9-18-32-31-16-3-6-21-35(31)38-36(28)32/h1-23,31,35H. The molecule has 0 saturated heterocycles. The zero-order chi connectivity index (χ0) is 25.1. The summed E-state index contributed by atoms with van der Waals surface area (Å²) in [5.74, 6) is 0.478. The van der Waals surface area contributed by atoms with Crippen LogP contribution in [-0.4, -0.2) is 9.82 Å². The first kappa shape index (κ1) is 21.8. The fraction of sp³-hybridized carbons (Fsp3) is 0.0556. The summed E-state index contributed by atoms with van der Waals surface area (Å²) in [6.45, 7) is 0. The van der Waals surface area contributed by atoms with E-state index in [9.17, 15) is 0 Å². The quantitative estimate of drug-likeness (QED) is 0.233. The van der Waals surface area contributed by atoms with Crippen molar-refractivity contribution in [2.75, 3.05) is 0 Å². The first-order valence-corrected chi connectivity index (χ1v) is 14.1. The number of hydrogen-bond donors (Lipinski definition) is 0. The third kappa shape index (κ3) is 3.34. The monoisotopic (exact) mass is 503 g/mol. The number of thioether (sulfide) groups is 1. The van der Waals surface area contributed by atoms with Gasteiger partial charge in [0, 0.05) is 32.5 Å². The zero-order valence-corrected chi connectivity index (χ0v) is 21.6. The molecule has 8 rings (SSSR count). The van der Waals surface area contributed by atoms with Gasteiger partial charge in [-0.3, -0.25) is 0 Å². The van der Waals surface area contributed by atoms with Crippen LogP contribution in [-0.2, 0) is 0 Å². The van der Waals surface area contributed by atoms with Gasteiger partial charge in [0.25, 0.3) is 0 Å². The summed E-state index contributed by atoms with van der Waals surface area (Å²) in [6, 6.07) is 42.2. The molecule has 5 aromatic carbocycles. The smallest absolute Gasteiger partial charge is 0.0541 e. The summed E-state index contributed by atoms with van der Waals surface area (Å²) in [7, 11) is 0. The first-order chi connectivity index (χ1) is 18.8. The molecule has 180 valence electrons. The van der Waals surface area contributed by atoms with Crippen molar-refractivity contribution in [1.82, 2.24) is 4.57 Å². The van der Waals surface area contributed by atoms with Gasteiger partial charge in [-0.2, -0.15) is 0 Å². The SMILES string of the molecule is C1=CC2Sc3c(-c4cccc(-c5cccc(-n6c7ccccc7c7ccccc76)c5)c4)cccc3C2C=C1. The normalized spacial score (nSPS) is 17.7. The van der Waals surface area contributed by atoms with Crippen molar-refractivity contribution >= 4 is 33.6 Å². The fourth-order valence-electron chi connectivity index (χ4n) is 6.18. The van der Waals surface area contributed by atoms with Gasteiger partial charge in [-0.15, -0.1) is 11.8 Å². The van der Waals surface area contributed by atoms with E-state index < -0.39 is 0 Å². The molecule has 0 fully saturated rings. The molecule has 0 N–H and O–H groups in total. The van der Waals surface area contributed by atoms with Crippen LogP contribution in [0.15, 0.2) is 144 Å². The summed E-state index contributed by atoms with van der Waals surface area (Å²) in [5.41, 5.74) is 10.2. The van der Waals surface area contributed by atoms with Gasteiger partial charge in [-0.05, 0) is 58.1 Å². The Balaban J connectivity index is 1.24. The Morgan fingerprint density at radius 3 is 2.03 bits per heavy atom. The molecule has 2 atom stereocenters. The lowest BCUT2D eigenvalue weighted by atomic mass is 9.90. The van der Waals surface area contributed by atoms with Crippen LogP contribution >= 0.6 is 11.8 Å². The van der Waals surface area contributed by atoms with Crippen LogP contribution in [0.5, 0.6) is 0 Å². The van der Waals surface area contributed by atoms with Gasteiger partial charge in [0.15, 0.2) is 0 Å². The van der Waals surface area contributed by atoms with E-state index in [1.165, 1.54) is 60.2 Å². The number of nitrogens with zero attached hydrogens (tertiary/aromatic N) is 1. The average Bonchev–Trinajstić information content (AvgIpc) is 3.53. The van der Waals surface area contributed by atoms with Gasteiger partial charge in [-0.25, -0.2) is 0 Å². The number of fused-ring (bicyclic) bond motifs is 6. The second-order valence-electron chi connectivity index (χ2n) is 10.1. The molecule has 2 unspecified atom stereocenters. The molecule has 1 nitrogen and oxygen atoms in total. The molecule has 0 amide bonds. The molecule has 2 heterocycles. The molecule has 38 heavy (non-hydrogen) atoms. The zero-order valence-electron chi connectivity index (χ0n) is 20.8. The summed E-state index contributed by atoms with van der Waals surface area (Å²) in [6.07, 6.45) is 9.07. The highest BCUT2D eigenvalue weighted by molar-refractivity contribution is 8.00. The van der Waals surface area contributed by atoms with Crippen molar-refractivity contribution in [3.63, 3.8) is 0 Å². The largest absolute Gasteiger partial charge is 0.309 e. The minimum atomic E-state index is 0.478. The number of allylic oxidation sites excluding steroid dienone is 3. The minimum Gasteiger partial charge on any atom is -0.309 e. The maximum absolute atomic E-state index is 2.39. The maximum Gasteiger partial charge on any atom is 0.0541 e. The molecule has 0 radical (unpaired) electrons. The van der Waals surface area contributed by atoms with Gasteiger partial charge in [-0.1, -0.05) is 109 Å². The van der Waals surface area contributed by atoms with Crippen LogP contribution in [0.25, 0.3) is 49.7 Å². The van der Waals surface area contributed by atoms with E-state index in [-0.39, 0.29) is 0 Å². The van der Waals surface area contributed by atoms with Crippen molar-refractivity contribution in [2.24, 2.45) is 0 Å². The molecule has 0 bridgehead atoms. The van der Waals surface area contributed by atoms with Gasteiger partial charge in [0.2, 0.25) is 0 Å². The second-order valence-corrected chi connectivity index (χ2v) is 11.3. The van der Waals surface area contributed by atoms with Crippen molar-refractivity contribution in [2.45, 2.75) is 16.1 Å². The Bertz CT molecular complexity index is 1870. The van der Waals surface area contributed by atoms with Crippen molar-refractivity contribution in [3.8, 4) is 27.9 Å². The van der Waals surface area contributed by atoms with E-state index in [0.29, 0.717) is 11.2 Å². The molecule has 2 aliphatic rings. The molecule has 0 spiro atoms. The molecule has 1 aliphatic heterocycles. The second kappa shape index (κ2) is 8.65. The van der Waals surface area contributed by atoms with Gasteiger partial charge in [0.05, 0.1) is 11.0 Å². The topological polar surface area (TPSA) is 4.93 Å². The third-order valence-corrected chi connectivity index (χ3v) is 9.35. The number of hydrogen-bond acceptors (Lipinski definition) is 1. The number of rotatable bonds is 3. The molecule has 6 aromatic rings. The van der Waals surface area contributed by atoms with Crippen LogP contribution in [0.1, 0.15) is 11.5 Å². The van der Waals surface area contributed by atoms with Crippen molar-refractivity contribution in [1.29, 1.82) is 0 Å². The Kier molecular flexibility index (Phi) is 4.96. The highest BCUT2D eigenvalue weighted by Crippen LogP contribution is 2.51. The summed E-state index contributed by atoms with van der Waals surface area (Å²) >= 11 is 2.00. The lowest BCUT2D eigenvalue weighted by Crippen LogP contribution is -2.06. The Morgan fingerprint density at radius 1 is 0.553 bits per heavy atom. The highest BCUT2D eigenvalue weighted by Gasteiger charge is 2.32.